The van der Waals surface area contributed by atoms with Gasteiger partial charge in [0.2, 0.25) is 5.91 Å². The van der Waals surface area contributed by atoms with Crippen LogP contribution in [0.1, 0.15) is 24.9 Å². The van der Waals surface area contributed by atoms with E-state index in [-0.39, 0.29) is 5.91 Å². The van der Waals surface area contributed by atoms with E-state index in [1.54, 1.807) is 18.2 Å². The number of nitrogens with one attached hydrogen (secondary N) is 1. The molecule has 0 saturated heterocycles. The van der Waals surface area contributed by atoms with E-state index >= 15 is 0 Å². The summed E-state index contributed by atoms with van der Waals surface area (Å²) in [6, 6.07) is 11.0. The fourth-order valence-corrected chi connectivity index (χ4v) is 1.96. The third kappa shape index (κ3) is 4.14. The average molecular weight is 278 g/mol. The highest BCUT2D eigenvalue weighted by atomic mass is 35.5. The Bertz CT molecular complexity index is 563. The number of halogens is 1. The molecule has 1 aromatic carbocycles. The number of furan rings is 1. The van der Waals surface area contributed by atoms with Crippen molar-refractivity contribution in [3.8, 4) is 0 Å². The molecule has 19 heavy (non-hydrogen) atoms. The summed E-state index contributed by atoms with van der Waals surface area (Å²) in [6.45, 7) is 2.04. The Labute approximate surface area is 117 Å². The van der Waals surface area contributed by atoms with E-state index in [0.29, 0.717) is 23.6 Å². The molecule has 0 unspecified atom stereocenters. The van der Waals surface area contributed by atoms with Crippen LogP contribution in [-0.4, -0.2) is 5.91 Å². The SMILES string of the molecule is CCc1ccc(CCC(=O)Nc2cccc(Cl)c2)o1. The zero-order valence-electron chi connectivity index (χ0n) is 10.8. The summed E-state index contributed by atoms with van der Waals surface area (Å²) >= 11 is 5.85. The molecule has 0 fully saturated rings. The van der Waals surface area contributed by atoms with Crippen molar-refractivity contribution < 1.29 is 9.21 Å². The van der Waals surface area contributed by atoms with Gasteiger partial charge >= 0.3 is 0 Å². The lowest BCUT2D eigenvalue weighted by molar-refractivity contribution is -0.116. The highest BCUT2D eigenvalue weighted by Crippen LogP contribution is 2.16. The number of aryl methyl sites for hydroxylation is 2. The topological polar surface area (TPSA) is 42.2 Å². The molecule has 0 saturated carbocycles. The van der Waals surface area contributed by atoms with Crippen LogP contribution in [0, 0.1) is 0 Å². The van der Waals surface area contributed by atoms with Gasteiger partial charge in [0, 0.05) is 30.0 Å². The van der Waals surface area contributed by atoms with Crippen LogP contribution in [0.3, 0.4) is 0 Å². The first-order valence-electron chi connectivity index (χ1n) is 6.30. The molecule has 0 radical (unpaired) electrons. The van der Waals surface area contributed by atoms with Crippen molar-refractivity contribution in [2.75, 3.05) is 5.32 Å². The summed E-state index contributed by atoms with van der Waals surface area (Å²) in [7, 11) is 0. The van der Waals surface area contributed by atoms with E-state index < -0.39 is 0 Å². The van der Waals surface area contributed by atoms with Crippen LogP contribution in [0.25, 0.3) is 0 Å². The summed E-state index contributed by atoms with van der Waals surface area (Å²) in [5.74, 6) is 1.75. The lowest BCUT2D eigenvalue weighted by Gasteiger charge is -2.04. The lowest BCUT2D eigenvalue weighted by atomic mass is 10.2. The first kappa shape index (κ1) is 13.7. The number of amides is 1. The van der Waals surface area contributed by atoms with E-state index in [1.807, 2.05) is 25.1 Å². The second-order valence-corrected chi connectivity index (χ2v) is 4.72. The summed E-state index contributed by atoms with van der Waals surface area (Å²) in [6.07, 6.45) is 1.87. The Morgan fingerprint density at radius 3 is 2.74 bits per heavy atom. The third-order valence-electron chi connectivity index (χ3n) is 2.77. The first-order chi connectivity index (χ1) is 9.17. The zero-order valence-corrected chi connectivity index (χ0v) is 11.5. The number of anilines is 1. The molecule has 0 aliphatic carbocycles. The number of carbonyl (C=O) groups excluding carboxylic acids is 1. The Morgan fingerprint density at radius 2 is 2.05 bits per heavy atom. The fourth-order valence-electron chi connectivity index (χ4n) is 1.77. The smallest absolute Gasteiger partial charge is 0.224 e. The molecule has 0 aliphatic heterocycles. The number of hydrogen-bond acceptors (Lipinski definition) is 2. The predicted octanol–water partition coefficient (Wildman–Crippen LogP) is 4.07. The molecule has 0 aliphatic rings. The molecule has 0 atom stereocenters. The molecular formula is C15H16ClNO2. The van der Waals surface area contributed by atoms with Gasteiger partial charge in [0.15, 0.2) is 0 Å². The number of benzene rings is 1. The molecule has 1 aromatic heterocycles. The van der Waals surface area contributed by atoms with Crippen molar-refractivity contribution in [3.05, 3.63) is 52.9 Å². The van der Waals surface area contributed by atoms with E-state index in [4.69, 9.17) is 16.0 Å². The van der Waals surface area contributed by atoms with Crippen LogP contribution >= 0.6 is 11.6 Å². The van der Waals surface area contributed by atoms with Crippen molar-refractivity contribution in [3.63, 3.8) is 0 Å². The van der Waals surface area contributed by atoms with Gasteiger partial charge in [-0.25, -0.2) is 0 Å². The highest BCUT2D eigenvalue weighted by molar-refractivity contribution is 6.30. The van der Waals surface area contributed by atoms with Crippen LogP contribution in [-0.2, 0) is 17.6 Å². The Kier molecular flexibility index (Phi) is 4.63. The maximum Gasteiger partial charge on any atom is 0.224 e. The highest BCUT2D eigenvalue weighted by Gasteiger charge is 2.06. The van der Waals surface area contributed by atoms with Crippen molar-refractivity contribution in [1.82, 2.24) is 0 Å². The fraction of sp³-hybridized carbons (Fsp3) is 0.267. The minimum atomic E-state index is -0.0447. The van der Waals surface area contributed by atoms with Gasteiger partial charge in [0.25, 0.3) is 0 Å². The largest absolute Gasteiger partial charge is 0.466 e. The van der Waals surface area contributed by atoms with Gasteiger partial charge in [0.1, 0.15) is 11.5 Å². The maximum atomic E-state index is 11.8. The van der Waals surface area contributed by atoms with Crippen LogP contribution in [0.4, 0.5) is 5.69 Å². The van der Waals surface area contributed by atoms with E-state index in [1.165, 1.54) is 0 Å². The van der Waals surface area contributed by atoms with Crippen molar-refractivity contribution in [2.24, 2.45) is 0 Å². The Morgan fingerprint density at radius 1 is 1.26 bits per heavy atom. The second kappa shape index (κ2) is 6.43. The standard InChI is InChI=1S/C15H16ClNO2/c1-2-13-6-7-14(19-13)8-9-15(18)17-12-5-3-4-11(16)10-12/h3-7,10H,2,8-9H2,1H3,(H,17,18). The Balaban J connectivity index is 1.84. The summed E-state index contributed by atoms with van der Waals surface area (Å²) < 4.78 is 5.55. The van der Waals surface area contributed by atoms with Gasteiger partial charge in [-0.2, -0.15) is 0 Å². The van der Waals surface area contributed by atoms with Crippen molar-refractivity contribution in [1.29, 1.82) is 0 Å². The monoisotopic (exact) mass is 277 g/mol. The van der Waals surface area contributed by atoms with Crippen LogP contribution in [0.5, 0.6) is 0 Å². The molecule has 3 nitrogen and oxygen atoms in total. The van der Waals surface area contributed by atoms with Crippen molar-refractivity contribution >= 4 is 23.2 Å². The number of hydrogen-bond donors (Lipinski definition) is 1. The van der Waals surface area contributed by atoms with Crippen LogP contribution < -0.4 is 5.32 Å². The van der Waals surface area contributed by atoms with Gasteiger partial charge in [0.05, 0.1) is 0 Å². The molecule has 0 bridgehead atoms. The van der Waals surface area contributed by atoms with E-state index in [0.717, 1.165) is 17.9 Å². The molecule has 1 amide bonds. The molecule has 1 N–H and O–H groups in total. The average Bonchev–Trinajstić information content (AvgIpc) is 2.84. The molecule has 2 aromatic rings. The van der Waals surface area contributed by atoms with Crippen molar-refractivity contribution in [2.45, 2.75) is 26.2 Å². The number of carbonyl (C=O) groups is 1. The van der Waals surface area contributed by atoms with E-state index in [2.05, 4.69) is 5.32 Å². The summed E-state index contributed by atoms with van der Waals surface area (Å²) in [5.41, 5.74) is 0.714. The minimum Gasteiger partial charge on any atom is -0.466 e. The Hall–Kier alpha value is -1.74. The molecule has 0 spiro atoms. The first-order valence-corrected chi connectivity index (χ1v) is 6.68. The van der Waals surface area contributed by atoms with Crippen LogP contribution in [0.15, 0.2) is 40.8 Å². The zero-order chi connectivity index (χ0) is 13.7. The summed E-state index contributed by atoms with van der Waals surface area (Å²) in [5, 5.41) is 3.42. The van der Waals surface area contributed by atoms with Gasteiger partial charge in [-0.05, 0) is 30.3 Å². The van der Waals surface area contributed by atoms with Gasteiger partial charge in [-0.3, -0.25) is 4.79 Å². The normalized spacial score (nSPS) is 10.4. The van der Waals surface area contributed by atoms with E-state index in [9.17, 15) is 4.79 Å². The lowest BCUT2D eigenvalue weighted by Crippen LogP contribution is -2.12. The molecule has 2 rings (SSSR count). The molecule has 4 heteroatoms. The van der Waals surface area contributed by atoms with Crippen LogP contribution in [0.2, 0.25) is 5.02 Å². The summed E-state index contributed by atoms with van der Waals surface area (Å²) in [4.78, 5) is 11.8. The molecular weight excluding hydrogens is 262 g/mol. The predicted molar refractivity (Wildman–Crippen MR) is 76.5 cm³/mol. The molecule has 100 valence electrons. The molecule has 1 heterocycles. The maximum absolute atomic E-state index is 11.8. The van der Waals surface area contributed by atoms with Gasteiger partial charge in [-0.15, -0.1) is 0 Å². The third-order valence-corrected chi connectivity index (χ3v) is 3.01. The minimum absolute atomic E-state index is 0.0447. The van der Waals surface area contributed by atoms with Gasteiger partial charge < -0.3 is 9.73 Å². The number of rotatable bonds is 5. The quantitative estimate of drug-likeness (QED) is 0.895. The van der Waals surface area contributed by atoms with Gasteiger partial charge in [-0.1, -0.05) is 24.6 Å². The second-order valence-electron chi connectivity index (χ2n) is 4.28.